The van der Waals surface area contributed by atoms with Crippen LogP contribution in [-0.2, 0) is 4.79 Å². The van der Waals surface area contributed by atoms with E-state index in [1.54, 1.807) is 0 Å². The predicted molar refractivity (Wildman–Crippen MR) is 84.3 cm³/mol. The first-order valence-corrected chi connectivity index (χ1v) is 7.51. The molecule has 3 nitrogen and oxygen atoms in total. The zero-order chi connectivity index (χ0) is 14.8. The molecular formula is C16H23ClN2O. The van der Waals surface area contributed by atoms with Gasteiger partial charge in [-0.15, -0.1) is 0 Å². The summed E-state index contributed by atoms with van der Waals surface area (Å²) in [6, 6.07) is 7.89. The van der Waals surface area contributed by atoms with Gasteiger partial charge in [-0.2, -0.15) is 0 Å². The first kappa shape index (κ1) is 15.2. The lowest BCUT2D eigenvalue weighted by molar-refractivity contribution is -0.133. The minimum absolute atomic E-state index is 0.0599. The molecule has 0 unspecified atom stereocenters. The Morgan fingerprint density at radius 3 is 2.15 bits per heavy atom. The summed E-state index contributed by atoms with van der Waals surface area (Å²) in [4.78, 5) is 16.5. The minimum atomic E-state index is 0.0599. The molecule has 0 atom stereocenters. The number of halogens is 1. The van der Waals surface area contributed by atoms with Crippen molar-refractivity contribution in [1.29, 1.82) is 0 Å². The lowest BCUT2D eigenvalue weighted by Crippen LogP contribution is -2.49. The minimum Gasteiger partial charge on any atom is -0.368 e. The van der Waals surface area contributed by atoms with Crippen LogP contribution in [0.3, 0.4) is 0 Å². The van der Waals surface area contributed by atoms with Crippen molar-refractivity contribution >= 4 is 23.2 Å². The topological polar surface area (TPSA) is 23.6 Å². The number of carbonyl (C=O) groups is 1. The number of hydrogen-bond acceptors (Lipinski definition) is 2. The van der Waals surface area contributed by atoms with Crippen LogP contribution in [0.25, 0.3) is 0 Å². The number of rotatable bonds is 2. The highest BCUT2D eigenvalue weighted by atomic mass is 35.5. The molecule has 4 heteroatoms. The zero-order valence-electron chi connectivity index (χ0n) is 12.5. The third-order valence-corrected chi connectivity index (χ3v) is 3.76. The number of carbonyl (C=O) groups excluding carboxylic acids is 1. The Kier molecular flexibility index (Phi) is 4.59. The van der Waals surface area contributed by atoms with Crippen molar-refractivity contribution in [3.05, 3.63) is 29.3 Å². The molecule has 0 saturated carbocycles. The highest BCUT2D eigenvalue weighted by Crippen LogP contribution is 2.22. The normalized spacial score (nSPS) is 16.4. The van der Waals surface area contributed by atoms with E-state index in [4.69, 9.17) is 11.6 Å². The fraction of sp³-hybridized carbons (Fsp3) is 0.562. The van der Waals surface area contributed by atoms with E-state index in [1.807, 2.05) is 29.2 Å². The lowest BCUT2D eigenvalue weighted by atomic mass is 9.91. The average molecular weight is 295 g/mol. The highest BCUT2D eigenvalue weighted by Gasteiger charge is 2.24. The second-order valence-electron chi connectivity index (χ2n) is 6.58. The average Bonchev–Trinajstić information content (AvgIpc) is 2.38. The summed E-state index contributed by atoms with van der Waals surface area (Å²) in [6.45, 7) is 9.70. The molecule has 1 aliphatic heterocycles. The van der Waals surface area contributed by atoms with E-state index in [-0.39, 0.29) is 11.3 Å². The number of anilines is 1. The van der Waals surface area contributed by atoms with Crippen LogP contribution in [0, 0.1) is 5.41 Å². The van der Waals surface area contributed by atoms with Crippen LogP contribution in [0.15, 0.2) is 24.3 Å². The van der Waals surface area contributed by atoms with Gasteiger partial charge in [0, 0.05) is 43.3 Å². The molecule has 1 amide bonds. The van der Waals surface area contributed by atoms with Gasteiger partial charge in [0.1, 0.15) is 0 Å². The number of piperazine rings is 1. The van der Waals surface area contributed by atoms with Crippen molar-refractivity contribution in [3.8, 4) is 0 Å². The van der Waals surface area contributed by atoms with Gasteiger partial charge in [0.25, 0.3) is 0 Å². The van der Waals surface area contributed by atoms with Gasteiger partial charge in [-0.25, -0.2) is 0 Å². The van der Waals surface area contributed by atoms with Crippen LogP contribution in [0.4, 0.5) is 5.69 Å². The Labute approximate surface area is 126 Å². The fourth-order valence-electron chi connectivity index (χ4n) is 2.43. The zero-order valence-corrected chi connectivity index (χ0v) is 13.3. The van der Waals surface area contributed by atoms with Crippen molar-refractivity contribution in [1.82, 2.24) is 4.90 Å². The van der Waals surface area contributed by atoms with Gasteiger partial charge in [0.15, 0.2) is 0 Å². The monoisotopic (exact) mass is 294 g/mol. The summed E-state index contributed by atoms with van der Waals surface area (Å²) < 4.78 is 0. The third-order valence-electron chi connectivity index (χ3n) is 3.51. The largest absolute Gasteiger partial charge is 0.368 e. The Hall–Kier alpha value is -1.22. The van der Waals surface area contributed by atoms with Crippen LogP contribution in [0.5, 0.6) is 0 Å². The van der Waals surface area contributed by atoms with Crippen molar-refractivity contribution in [2.75, 3.05) is 31.1 Å². The van der Waals surface area contributed by atoms with Gasteiger partial charge in [0.2, 0.25) is 5.91 Å². The highest BCUT2D eigenvalue weighted by molar-refractivity contribution is 6.30. The molecule has 0 bridgehead atoms. The summed E-state index contributed by atoms with van der Waals surface area (Å²) in [5, 5.41) is 0.757. The van der Waals surface area contributed by atoms with Crippen molar-refractivity contribution < 1.29 is 4.79 Å². The van der Waals surface area contributed by atoms with E-state index >= 15 is 0 Å². The molecule has 0 spiro atoms. The Morgan fingerprint density at radius 2 is 1.65 bits per heavy atom. The maximum Gasteiger partial charge on any atom is 0.223 e. The summed E-state index contributed by atoms with van der Waals surface area (Å²) >= 11 is 5.91. The van der Waals surface area contributed by atoms with Gasteiger partial charge >= 0.3 is 0 Å². The lowest BCUT2D eigenvalue weighted by Gasteiger charge is -2.37. The van der Waals surface area contributed by atoms with E-state index in [2.05, 4.69) is 25.7 Å². The van der Waals surface area contributed by atoms with E-state index in [1.165, 1.54) is 5.69 Å². The molecule has 0 N–H and O–H groups in total. The van der Waals surface area contributed by atoms with Crippen LogP contribution >= 0.6 is 11.6 Å². The predicted octanol–water partition coefficient (Wildman–Crippen LogP) is 3.42. The molecule has 1 aromatic rings. The molecule has 1 aromatic carbocycles. The summed E-state index contributed by atoms with van der Waals surface area (Å²) in [6.07, 6.45) is 0.619. The number of hydrogen-bond donors (Lipinski definition) is 0. The molecule has 1 aliphatic rings. The number of benzene rings is 1. The molecule has 20 heavy (non-hydrogen) atoms. The second-order valence-corrected chi connectivity index (χ2v) is 7.02. The Morgan fingerprint density at radius 1 is 1.10 bits per heavy atom. The van der Waals surface area contributed by atoms with Crippen molar-refractivity contribution in [2.24, 2.45) is 5.41 Å². The first-order valence-electron chi connectivity index (χ1n) is 7.13. The van der Waals surface area contributed by atoms with Gasteiger partial charge < -0.3 is 9.80 Å². The molecule has 0 radical (unpaired) electrons. The van der Waals surface area contributed by atoms with E-state index < -0.39 is 0 Å². The van der Waals surface area contributed by atoms with Crippen LogP contribution in [0.2, 0.25) is 5.02 Å². The van der Waals surface area contributed by atoms with Crippen molar-refractivity contribution in [3.63, 3.8) is 0 Å². The molecule has 0 aromatic heterocycles. The Bertz CT molecular complexity index is 456. The van der Waals surface area contributed by atoms with Crippen LogP contribution in [-0.4, -0.2) is 37.0 Å². The van der Waals surface area contributed by atoms with E-state index in [0.717, 1.165) is 31.2 Å². The Balaban J connectivity index is 1.89. The van der Waals surface area contributed by atoms with Crippen molar-refractivity contribution in [2.45, 2.75) is 27.2 Å². The molecule has 110 valence electrons. The maximum atomic E-state index is 12.2. The second kappa shape index (κ2) is 6.04. The molecule has 1 saturated heterocycles. The van der Waals surface area contributed by atoms with Crippen LogP contribution < -0.4 is 4.90 Å². The smallest absolute Gasteiger partial charge is 0.223 e. The molecule has 2 rings (SSSR count). The molecule has 1 fully saturated rings. The van der Waals surface area contributed by atoms with E-state index in [0.29, 0.717) is 6.42 Å². The van der Waals surface area contributed by atoms with Gasteiger partial charge in [-0.05, 0) is 29.7 Å². The number of amides is 1. The summed E-state index contributed by atoms with van der Waals surface area (Å²) in [5.74, 6) is 0.272. The first-order chi connectivity index (χ1) is 9.35. The number of nitrogens with zero attached hydrogens (tertiary/aromatic N) is 2. The molecule has 1 heterocycles. The molecule has 0 aliphatic carbocycles. The molecular weight excluding hydrogens is 272 g/mol. The van der Waals surface area contributed by atoms with E-state index in [9.17, 15) is 4.79 Å². The maximum absolute atomic E-state index is 12.2. The third kappa shape index (κ3) is 4.14. The summed E-state index contributed by atoms with van der Waals surface area (Å²) in [7, 11) is 0. The summed E-state index contributed by atoms with van der Waals surface area (Å²) in [5.41, 5.74) is 1.24. The van der Waals surface area contributed by atoms with Gasteiger partial charge in [-0.3, -0.25) is 4.79 Å². The van der Waals surface area contributed by atoms with Gasteiger partial charge in [0.05, 0.1) is 0 Å². The quantitative estimate of drug-likeness (QED) is 0.834. The SMILES string of the molecule is CC(C)(C)CC(=O)N1CCN(c2ccc(Cl)cc2)CC1. The fourth-order valence-corrected chi connectivity index (χ4v) is 2.56. The standard InChI is InChI=1S/C16H23ClN2O/c1-16(2,3)12-15(20)19-10-8-18(9-11-19)14-6-4-13(17)5-7-14/h4-7H,8-12H2,1-3H3. The van der Waals surface area contributed by atoms with Crippen LogP contribution in [0.1, 0.15) is 27.2 Å². The van der Waals surface area contributed by atoms with Gasteiger partial charge in [-0.1, -0.05) is 32.4 Å².